The largest absolute Gasteiger partial charge is 0.497 e. The molecule has 0 aliphatic carbocycles. The summed E-state index contributed by atoms with van der Waals surface area (Å²) in [7, 11) is 3.10. The lowest BCUT2D eigenvalue weighted by molar-refractivity contribution is -0.131. The Bertz CT molecular complexity index is 1290. The first kappa shape index (κ1) is 21.5. The lowest BCUT2D eigenvalue weighted by atomic mass is 10.1. The van der Waals surface area contributed by atoms with Gasteiger partial charge in [0.15, 0.2) is 0 Å². The number of fused-ring (bicyclic) bond motifs is 1. The summed E-state index contributed by atoms with van der Waals surface area (Å²) >= 11 is 0.902. The van der Waals surface area contributed by atoms with Crippen molar-refractivity contribution in [3.8, 4) is 23.0 Å². The number of rotatable bonds is 8. The SMILES string of the molecule is CCn1cc(/C=C(\Sc2nnc(-c3cc(OC)cc(OC)c3)o2)C(=O)O)c2ccccc21. The number of thioether (sulfide) groups is 1. The van der Waals surface area contributed by atoms with Crippen molar-refractivity contribution >= 4 is 34.7 Å². The van der Waals surface area contributed by atoms with Gasteiger partial charge in [0, 0.05) is 40.8 Å². The number of carbonyl (C=O) groups is 1. The van der Waals surface area contributed by atoms with E-state index in [1.165, 1.54) is 0 Å². The number of aliphatic carboxylic acids is 1. The van der Waals surface area contributed by atoms with E-state index in [0.717, 1.165) is 34.8 Å². The predicted molar refractivity (Wildman–Crippen MR) is 122 cm³/mol. The smallest absolute Gasteiger partial charge is 0.342 e. The molecule has 164 valence electrons. The molecule has 0 spiro atoms. The van der Waals surface area contributed by atoms with Gasteiger partial charge >= 0.3 is 5.97 Å². The van der Waals surface area contributed by atoms with E-state index in [0.29, 0.717) is 17.1 Å². The van der Waals surface area contributed by atoms with E-state index in [9.17, 15) is 9.90 Å². The number of aryl methyl sites for hydroxylation is 1. The van der Waals surface area contributed by atoms with Crippen LogP contribution in [-0.4, -0.2) is 40.1 Å². The number of aromatic nitrogens is 3. The molecule has 0 saturated heterocycles. The Kier molecular flexibility index (Phi) is 6.18. The average Bonchev–Trinajstić information content (AvgIpc) is 3.43. The van der Waals surface area contributed by atoms with Crippen molar-refractivity contribution in [3.63, 3.8) is 0 Å². The van der Waals surface area contributed by atoms with Crippen molar-refractivity contribution in [2.75, 3.05) is 14.2 Å². The average molecular weight is 452 g/mol. The second-order valence-electron chi connectivity index (χ2n) is 6.78. The topological polar surface area (TPSA) is 99.6 Å². The Hall–Kier alpha value is -3.72. The Labute approximate surface area is 188 Å². The zero-order chi connectivity index (χ0) is 22.7. The van der Waals surface area contributed by atoms with Crippen molar-refractivity contribution < 1.29 is 23.8 Å². The maximum absolute atomic E-state index is 11.9. The number of para-hydroxylation sites is 1. The van der Waals surface area contributed by atoms with Gasteiger partial charge in [-0.2, -0.15) is 0 Å². The number of hydrogen-bond acceptors (Lipinski definition) is 7. The molecule has 0 saturated carbocycles. The standard InChI is InChI=1S/C23H21N3O5S/c1-4-26-13-15(18-7-5-6-8-19(18)26)11-20(22(27)28)32-23-25-24-21(31-23)14-9-16(29-2)12-17(10-14)30-3/h5-13H,4H2,1-3H3,(H,27,28)/b20-11-. The van der Waals surface area contributed by atoms with E-state index >= 15 is 0 Å². The summed E-state index contributed by atoms with van der Waals surface area (Å²) in [4.78, 5) is 12.0. The Balaban J connectivity index is 1.66. The summed E-state index contributed by atoms with van der Waals surface area (Å²) < 4.78 is 18.3. The lowest BCUT2D eigenvalue weighted by Gasteiger charge is -2.05. The minimum absolute atomic E-state index is 0.0717. The zero-order valence-electron chi connectivity index (χ0n) is 17.7. The van der Waals surface area contributed by atoms with Gasteiger partial charge in [0.1, 0.15) is 16.4 Å². The van der Waals surface area contributed by atoms with Gasteiger partial charge in [-0.1, -0.05) is 18.2 Å². The van der Waals surface area contributed by atoms with Gasteiger partial charge in [-0.05, 0) is 43.0 Å². The molecule has 0 radical (unpaired) electrons. The van der Waals surface area contributed by atoms with Crippen LogP contribution in [0.1, 0.15) is 12.5 Å². The highest BCUT2D eigenvalue weighted by Gasteiger charge is 2.18. The van der Waals surface area contributed by atoms with Crippen LogP contribution in [0.25, 0.3) is 28.4 Å². The maximum Gasteiger partial charge on any atom is 0.342 e. The molecule has 2 aromatic carbocycles. The molecule has 8 nitrogen and oxygen atoms in total. The molecule has 2 aromatic heterocycles. The molecule has 0 aliphatic rings. The van der Waals surface area contributed by atoms with Crippen molar-refractivity contribution in [1.82, 2.24) is 14.8 Å². The fraction of sp³-hybridized carbons (Fsp3) is 0.174. The van der Waals surface area contributed by atoms with Gasteiger partial charge in [0.25, 0.3) is 5.22 Å². The normalized spacial score (nSPS) is 11.7. The molecule has 1 N–H and O–H groups in total. The van der Waals surface area contributed by atoms with E-state index in [1.54, 1.807) is 38.5 Å². The second kappa shape index (κ2) is 9.19. The third kappa shape index (κ3) is 4.33. The molecule has 4 rings (SSSR count). The third-order valence-corrected chi connectivity index (χ3v) is 5.71. The molecule has 0 unspecified atom stereocenters. The Morgan fingerprint density at radius 2 is 1.88 bits per heavy atom. The first-order valence-corrected chi connectivity index (χ1v) is 10.6. The minimum atomic E-state index is -1.08. The summed E-state index contributed by atoms with van der Waals surface area (Å²) in [5.41, 5.74) is 2.46. The van der Waals surface area contributed by atoms with Crippen LogP contribution in [0.2, 0.25) is 0 Å². The number of ether oxygens (including phenoxy) is 2. The molecule has 0 atom stereocenters. The van der Waals surface area contributed by atoms with Crippen LogP contribution >= 0.6 is 11.8 Å². The van der Waals surface area contributed by atoms with E-state index in [2.05, 4.69) is 14.8 Å². The first-order chi connectivity index (χ1) is 15.5. The summed E-state index contributed by atoms with van der Waals surface area (Å²) in [6.45, 7) is 2.82. The maximum atomic E-state index is 11.9. The number of carboxylic acid groups (broad SMARTS) is 1. The van der Waals surface area contributed by atoms with Gasteiger partial charge in [-0.25, -0.2) is 4.79 Å². The Morgan fingerprint density at radius 3 is 2.53 bits per heavy atom. The van der Waals surface area contributed by atoms with Crippen molar-refractivity contribution in [2.45, 2.75) is 18.7 Å². The van der Waals surface area contributed by atoms with Gasteiger partial charge in [0.2, 0.25) is 5.89 Å². The quantitative estimate of drug-likeness (QED) is 0.297. The second-order valence-corrected chi connectivity index (χ2v) is 7.77. The van der Waals surface area contributed by atoms with E-state index < -0.39 is 5.97 Å². The molecule has 0 fully saturated rings. The predicted octanol–water partition coefficient (Wildman–Crippen LogP) is 4.95. The fourth-order valence-corrected chi connectivity index (χ4v) is 3.98. The van der Waals surface area contributed by atoms with Crippen LogP contribution in [0.15, 0.2) is 63.2 Å². The zero-order valence-corrected chi connectivity index (χ0v) is 18.5. The van der Waals surface area contributed by atoms with E-state index in [-0.39, 0.29) is 16.0 Å². The van der Waals surface area contributed by atoms with Crippen molar-refractivity contribution in [1.29, 1.82) is 0 Å². The van der Waals surface area contributed by atoms with Crippen LogP contribution in [0.5, 0.6) is 11.5 Å². The molecule has 0 amide bonds. The van der Waals surface area contributed by atoms with E-state index in [1.807, 2.05) is 37.4 Å². The molecule has 0 aliphatic heterocycles. The van der Waals surface area contributed by atoms with Crippen molar-refractivity contribution in [3.05, 3.63) is 59.1 Å². The number of benzene rings is 2. The minimum Gasteiger partial charge on any atom is -0.497 e. The van der Waals surface area contributed by atoms with Gasteiger partial charge < -0.3 is 23.6 Å². The van der Waals surface area contributed by atoms with Crippen LogP contribution in [0.3, 0.4) is 0 Å². The third-order valence-electron chi connectivity index (χ3n) is 4.86. The number of nitrogens with zero attached hydrogens (tertiary/aromatic N) is 3. The van der Waals surface area contributed by atoms with Crippen LogP contribution in [0.4, 0.5) is 0 Å². The van der Waals surface area contributed by atoms with Gasteiger partial charge in [0.05, 0.1) is 14.2 Å². The van der Waals surface area contributed by atoms with Crippen LogP contribution in [-0.2, 0) is 11.3 Å². The highest BCUT2D eigenvalue weighted by molar-refractivity contribution is 8.03. The molecular formula is C23H21N3O5S. The summed E-state index contributed by atoms with van der Waals surface area (Å²) in [5.74, 6) is 0.304. The molecule has 4 aromatic rings. The monoisotopic (exact) mass is 451 g/mol. The van der Waals surface area contributed by atoms with E-state index in [4.69, 9.17) is 13.9 Å². The van der Waals surface area contributed by atoms with Gasteiger partial charge in [-0.3, -0.25) is 0 Å². The highest BCUT2D eigenvalue weighted by atomic mass is 32.2. The van der Waals surface area contributed by atoms with Crippen molar-refractivity contribution in [2.24, 2.45) is 0 Å². The van der Waals surface area contributed by atoms with Crippen LogP contribution < -0.4 is 9.47 Å². The number of hydrogen-bond donors (Lipinski definition) is 1. The first-order valence-electron chi connectivity index (χ1n) is 9.80. The highest BCUT2D eigenvalue weighted by Crippen LogP contribution is 2.34. The molecular weight excluding hydrogens is 430 g/mol. The molecule has 9 heteroatoms. The molecule has 2 heterocycles. The number of carboxylic acids is 1. The van der Waals surface area contributed by atoms with Gasteiger partial charge in [-0.15, -0.1) is 10.2 Å². The summed E-state index contributed by atoms with van der Waals surface area (Å²) in [6, 6.07) is 13.1. The summed E-state index contributed by atoms with van der Waals surface area (Å²) in [5, 5.41) is 18.9. The van der Waals surface area contributed by atoms with Crippen LogP contribution in [0, 0.1) is 0 Å². The summed E-state index contributed by atoms with van der Waals surface area (Å²) in [6.07, 6.45) is 3.57. The Morgan fingerprint density at radius 1 is 1.16 bits per heavy atom. The molecule has 0 bridgehead atoms. The lowest BCUT2D eigenvalue weighted by Crippen LogP contribution is -1.96. The molecule has 32 heavy (non-hydrogen) atoms. The number of methoxy groups -OCH3 is 2. The fourth-order valence-electron chi connectivity index (χ4n) is 3.32.